The summed E-state index contributed by atoms with van der Waals surface area (Å²) in [7, 11) is 1.99. The molecule has 0 aliphatic carbocycles. The van der Waals surface area contributed by atoms with Gasteiger partial charge >= 0.3 is 0 Å². The summed E-state index contributed by atoms with van der Waals surface area (Å²) in [5.74, 6) is 0. The number of likely N-dealkylation sites (N-methyl/N-ethyl adjacent to an activating group) is 1. The average Bonchev–Trinajstić information content (AvgIpc) is 2.68. The minimum Gasteiger partial charge on any atom is -0.361 e. The van der Waals surface area contributed by atoms with Gasteiger partial charge in [0.15, 0.2) is 0 Å². The largest absolute Gasteiger partial charge is 0.361 e. The molecule has 0 saturated carbocycles. The van der Waals surface area contributed by atoms with Crippen LogP contribution in [0.25, 0.3) is 10.9 Å². The molecule has 1 aromatic heterocycles. The second kappa shape index (κ2) is 4.49. The van der Waals surface area contributed by atoms with Gasteiger partial charge in [0.1, 0.15) is 0 Å². The van der Waals surface area contributed by atoms with E-state index in [9.17, 15) is 0 Å². The van der Waals surface area contributed by atoms with Gasteiger partial charge in [-0.2, -0.15) is 0 Å². The van der Waals surface area contributed by atoms with E-state index in [0.717, 1.165) is 19.4 Å². The molecule has 0 spiro atoms. The summed E-state index contributed by atoms with van der Waals surface area (Å²) in [6, 6.07) is 6.68. The van der Waals surface area contributed by atoms with Crippen molar-refractivity contribution in [1.29, 1.82) is 0 Å². The van der Waals surface area contributed by atoms with Crippen molar-refractivity contribution >= 4 is 10.9 Å². The van der Waals surface area contributed by atoms with Crippen LogP contribution in [0, 0.1) is 0 Å². The summed E-state index contributed by atoms with van der Waals surface area (Å²) >= 11 is 0. The first-order chi connectivity index (χ1) is 7.35. The molecular weight excluding hydrogens is 184 g/mol. The summed E-state index contributed by atoms with van der Waals surface area (Å²) in [6.45, 7) is 3.23. The number of hydrogen-bond donors (Lipinski definition) is 2. The fourth-order valence-corrected chi connectivity index (χ4v) is 1.91. The molecule has 0 radical (unpaired) electrons. The van der Waals surface area contributed by atoms with E-state index in [1.165, 1.54) is 22.0 Å². The van der Waals surface area contributed by atoms with Crippen LogP contribution < -0.4 is 5.32 Å². The third-order valence-electron chi connectivity index (χ3n) is 2.88. The highest BCUT2D eigenvalue weighted by atomic mass is 14.8. The highest BCUT2D eigenvalue weighted by molar-refractivity contribution is 5.83. The van der Waals surface area contributed by atoms with E-state index in [2.05, 4.69) is 41.6 Å². The van der Waals surface area contributed by atoms with Crippen LogP contribution in [0.15, 0.2) is 24.4 Å². The Morgan fingerprint density at radius 2 is 2.20 bits per heavy atom. The minimum atomic E-state index is 1.03. The third-order valence-corrected chi connectivity index (χ3v) is 2.88. The van der Waals surface area contributed by atoms with Crippen LogP contribution in [0.1, 0.15) is 18.1 Å². The van der Waals surface area contributed by atoms with Crippen LogP contribution in [0.4, 0.5) is 0 Å². The average molecular weight is 202 g/mol. The van der Waals surface area contributed by atoms with Gasteiger partial charge in [-0.3, -0.25) is 0 Å². The zero-order chi connectivity index (χ0) is 10.7. The minimum absolute atomic E-state index is 1.03. The van der Waals surface area contributed by atoms with Crippen molar-refractivity contribution in [3.8, 4) is 0 Å². The molecule has 1 heterocycles. The van der Waals surface area contributed by atoms with Gasteiger partial charge in [0, 0.05) is 17.1 Å². The van der Waals surface area contributed by atoms with Crippen LogP contribution in [0.2, 0.25) is 0 Å². The van der Waals surface area contributed by atoms with Crippen molar-refractivity contribution in [2.75, 3.05) is 13.6 Å². The lowest BCUT2D eigenvalue weighted by Crippen LogP contribution is -2.09. The summed E-state index contributed by atoms with van der Waals surface area (Å²) in [5.41, 5.74) is 4.07. The molecule has 2 N–H and O–H groups in total. The van der Waals surface area contributed by atoms with E-state index < -0.39 is 0 Å². The molecule has 0 atom stereocenters. The summed E-state index contributed by atoms with van der Waals surface area (Å²) in [5, 5.41) is 4.56. The Hall–Kier alpha value is -1.28. The summed E-state index contributed by atoms with van der Waals surface area (Å²) < 4.78 is 0. The Labute approximate surface area is 90.7 Å². The molecule has 1 aromatic carbocycles. The molecule has 0 aliphatic heterocycles. The second-order valence-corrected chi connectivity index (χ2v) is 3.90. The Balaban J connectivity index is 2.38. The maximum absolute atomic E-state index is 3.32. The number of aromatic amines is 1. The van der Waals surface area contributed by atoms with Crippen molar-refractivity contribution < 1.29 is 0 Å². The van der Waals surface area contributed by atoms with Gasteiger partial charge in [-0.25, -0.2) is 0 Å². The van der Waals surface area contributed by atoms with Gasteiger partial charge in [0.25, 0.3) is 0 Å². The quantitative estimate of drug-likeness (QED) is 0.783. The van der Waals surface area contributed by atoms with Crippen LogP contribution in [0.5, 0.6) is 0 Å². The molecule has 2 aromatic rings. The Bertz CT molecular complexity index is 443. The van der Waals surface area contributed by atoms with Crippen LogP contribution >= 0.6 is 0 Å². The van der Waals surface area contributed by atoms with Crippen molar-refractivity contribution in [3.63, 3.8) is 0 Å². The van der Waals surface area contributed by atoms with Gasteiger partial charge in [-0.1, -0.05) is 13.0 Å². The highest BCUT2D eigenvalue weighted by Crippen LogP contribution is 2.20. The van der Waals surface area contributed by atoms with Crippen molar-refractivity contribution in [1.82, 2.24) is 10.3 Å². The maximum atomic E-state index is 3.32. The first-order valence-corrected chi connectivity index (χ1v) is 5.58. The zero-order valence-electron chi connectivity index (χ0n) is 9.43. The Morgan fingerprint density at radius 3 is 2.93 bits per heavy atom. The highest BCUT2D eigenvalue weighted by Gasteiger charge is 2.03. The fourth-order valence-electron chi connectivity index (χ4n) is 1.91. The van der Waals surface area contributed by atoms with E-state index in [1.807, 2.05) is 7.05 Å². The Morgan fingerprint density at radius 1 is 1.33 bits per heavy atom. The molecule has 2 nitrogen and oxygen atoms in total. The van der Waals surface area contributed by atoms with Crippen molar-refractivity contribution in [2.24, 2.45) is 0 Å². The molecule has 0 saturated heterocycles. The first-order valence-electron chi connectivity index (χ1n) is 5.58. The number of hydrogen-bond acceptors (Lipinski definition) is 1. The predicted molar refractivity (Wildman–Crippen MR) is 65.3 cm³/mol. The number of H-pyrrole nitrogens is 1. The number of aryl methyl sites for hydroxylation is 1. The fraction of sp³-hybridized carbons (Fsp3) is 0.385. The van der Waals surface area contributed by atoms with E-state index >= 15 is 0 Å². The van der Waals surface area contributed by atoms with E-state index in [0.29, 0.717) is 0 Å². The van der Waals surface area contributed by atoms with Gasteiger partial charge in [-0.15, -0.1) is 0 Å². The van der Waals surface area contributed by atoms with Crippen LogP contribution in [-0.2, 0) is 12.8 Å². The second-order valence-electron chi connectivity index (χ2n) is 3.90. The number of benzene rings is 1. The van der Waals surface area contributed by atoms with Gasteiger partial charge < -0.3 is 10.3 Å². The number of aromatic nitrogens is 1. The molecule has 0 aliphatic rings. The molecule has 2 heteroatoms. The van der Waals surface area contributed by atoms with E-state index in [-0.39, 0.29) is 0 Å². The lowest BCUT2D eigenvalue weighted by Gasteiger charge is -2.00. The van der Waals surface area contributed by atoms with Gasteiger partial charge in [0.05, 0.1) is 0 Å². The monoisotopic (exact) mass is 202 g/mol. The third kappa shape index (κ3) is 2.05. The smallest absolute Gasteiger partial charge is 0.0456 e. The molecule has 0 bridgehead atoms. The maximum Gasteiger partial charge on any atom is 0.0456 e. The predicted octanol–water partition coefficient (Wildman–Crippen LogP) is 2.49. The number of fused-ring (bicyclic) bond motifs is 1. The van der Waals surface area contributed by atoms with E-state index in [1.54, 1.807) is 0 Å². The molecular formula is C13H18N2. The zero-order valence-corrected chi connectivity index (χ0v) is 9.43. The standard InChI is InChI=1S/C13H18N2/c1-3-10-4-5-13-12(8-10)11(9-15-13)6-7-14-2/h4-5,8-9,14-15H,3,6-7H2,1-2H3. The van der Waals surface area contributed by atoms with E-state index in [4.69, 9.17) is 0 Å². The van der Waals surface area contributed by atoms with Crippen LogP contribution in [0.3, 0.4) is 0 Å². The molecule has 0 fully saturated rings. The Kier molecular flexibility index (Phi) is 3.07. The normalized spacial score (nSPS) is 11.1. The molecule has 0 amide bonds. The first kappa shape index (κ1) is 10.2. The number of rotatable bonds is 4. The van der Waals surface area contributed by atoms with Gasteiger partial charge in [-0.05, 0) is 49.7 Å². The molecule has 2 rings (SSSR count). The van der Waals surface area contributed by atoms with Crippen molar-refractivity contribution in [2.45, 2.75) is 19.8 Å². The lowest BCUT2D eigenvalue weighted by atomic mass is 10.1. The van der Waals surface area contributed by atoms with Gasteiger partial charge in [0.2, 0.25) is 0 Å². The summed E-state index contributed by atoms with van der Waals surface area (Å²) in [4.78, 5) is 3.32. The molecule has 15 heavy (non-hydrogen) atoms. The number of nitrogens with one attached hydrogen (secondary N) is 2. The lowest BCUT2D eigenvalue weighted by molar-refractivity contribution is 0.795. The topological polar surface area (TPSA) is 27.8 Å². The molecule has 80 valence electrons. The SMILES string of the molecule is CCc1ccc2[nH]cc(CCNC)c2c1. The van der Waals surface area contributed by atoms with Crippen LogP contribution in [-0.4, -0.2) is 18.6 Å². The molecule has 0 unspecified atom stereocenters. The van der Waals surface area contributed by atoms with Crippen molar-refractivity contribution in [3.05, 3.63) is 35.5 Å². The summed E-state index contributed by atoms with van der Waals surface area (Å²) in [6.07, 6.45) is 4.32.